The number of aromatic amines is 1. The molecule has 0 atom stereocenters. The molecule has 7 heteroatoms. The fourth-order valence-corrected chi connectivity index (χ4v) is 2.87. The van der Waals surface area contributed by atoms with Gasteiger partial charge in [-0.05, 0) is 32.0 Å². The normalized spacial score (nSPS) is 11.3. The summed E-state index contributed by atoms with van der Waals surface area (Å²) >= 11 is 0. The number of nitrogens with zero attached hydrogens (tertiary/aromatic N) is 4. The van der Waals surface area contributed by atoms with E-state index in [0.29, 0.717) is 24.3 Å². The predicted molar refractivity (Wildman–Crippen MR) is 94.6 cm³/mol. The highest BCUT2D eigenvalue weighted by Crippen LogP contribution is 2.11. The van der Waals surface area contributed by atoms with E-state index in [-0.39, 0.29) is 5.91 Å². The van der Waals surface area contributed by atoms with E-state index in [2.05, 4.69) is 25.4 Å². The maximum absolute atomic E-state index is 12.4. The highest BCUT2D eigenvalue weighted by atomic mass is 16.1. The van der Waals surface area contributed by atoms with Crippen LogP contribution in [0.2, 0.25) is 0 Å². The topological polar surface area (TPSA) is 88.0 Å². The Morgan fingerprint density at radius 2 is 2.04 bits per heavy atom. The molecule has 0 saturated carbocycles. The van der Waals surface area contributed by atoms with Gasteiger partial charge in [0.15, 0.2) is 5.65 Å². The average molecular weight is 334 g/mol. The first-order valence-electron chi connectivity index (χ1n) is 8.16. The molecule has 3 heterocycles. The van der Waals surface area contributed by atoms with Crippen molar-refractivity contribution in [2.24, 2.45) is 0 Å². The SMILES string of the molecule is Cc1cc2nc(C(=O)NCCc3nc4ccccc4[nH]3)cc(C)n2n1. The predicted octanol–water partition coefficient (Wildman–Crippen LogP) is 2.19. The number of H-pyrrole nitrogens is 1. The highest BCUT2D eigenvalue weighted by molar-refractivity contribution is 5.92. The molecule has 126 valence electrons. The minimum atomic E-state index is -0.194. The molecule has 0 saturated heterocycles. The lowest BCUT2D eigenvalue weighted by atomic mass is 10.3. The van der Waals surface area contributed by atoms with Gasteiger partial charge in [-0.25, -0.2) is 14.5 Å². The third-order valence-electron chi connectivity index (χ3n) is 4.05. The third-order valence-corrected chi connectivity index (χ3v) is 4.05. The second kappa shape index (κ2) is 6.01. The number of hydrogen-bond acceptors (Lipinski definition) is 4. The lowest BCUT2D eigenvalue weighted by molar-refractivity contribution is 0.0949. The number of aryl methyl sites for hydroxylation is 2. The van der Waals surface area contributed by atoms with Crippen LogP contribution in [0.15, 0.2) is 36.4 Å². The Morgan fingerprint density at radius 1 is 1.20 bits per heavy atom. The molecule has 1 amide bonds. The van der Waals surface area contributed by atoms with Crippen LogP contribution in [0.5, 0.6) is 0 Å². The number of amides is 1. The molecule has 25 heavy (non-hydrogen) atoms. The van der Waals surface area contributed by atoms with Gasteiger partial charge in [0.25, 0.3) is 5.91 Å². The van der Waals surface area contributed by atoms with Crippen molar-refractivity contribution in [1.29, 1.82) is 0 Å². The van der Waals surface area contributed by atoms with Gasteiger partial charge in [0.1, 0.15) is 11.5 Å². The van der Waals surface area contributed by atoms with Crippen molar-refractivity contribution >= 4 is 22.6 Å². The van der Waals surface area contributed by atoms with Crippen molar-refractivity contribution in [3.8, 4) is 0 Å². The van der Waals surface area contributed by atoms with Gasteiger partial charge in [-0.15, -0.1) is 0 Å². The van der Waals surface area contributed by atoms with Crippen LogP contribution in [-0.4, -0.2) is 37.0 Å². The van der Waals surface area contributed by atoms with Crippen LogP contribution in [0.3, 0.4) is 0 Å². The van der Waals surface area contributed by atoms with Gasteiger partial charge in [-0.3, -0.25) is 4.79 Å². The summed E-state index contributed by atoms with van der Waals surface area (Å²) in [5, 5.41) is 7.25. The molecule has 0 unspecified atom stereocenters. The Kier molecular flexibility index (Phi) is 3.68. The number of nitrogens with one attached hydrogen (secondary N) is 2. The fourth-order valence-electron chi connectivity index (χ4n) is 2.87. The summed E-state index contributed by atoms with van der Waals surface area (Å²) in [6.45, 7) is 4.30. The van der Waals surface area contributed by atoms with Crippen molar-refractivity contribution < 1.29 is 4.79 Å². The second-order valence-corrected chi connectivity index (χ2v) is 6.05. The molecule has 2 N–H and O–H groups in total. The van der Waals surface area contributed by atoms with Crippen molar-refractivity contribution in [2.75, 3.05) is 6.54 Å². The van der Waals surface area contributed by atoms with Gasteiger partial charge in [-0.1, -0.05) is 12.1 Å². The Hall–Kier alpha value is -3.22. The minimum absolute atomic E-state index is 0.194. The van der Waals surface area contributed by atoms with Crippen LogP contribution in [0.1, 0.15) is 27.7 Å². The molecular formula is C18H18N6O. The van der Waals surface area contributed by atoms with E-state index in [4.69, 9.17) is 0 Å². The number of fused-ring (bicyclic) bond motifs is 2. The zero-order valence-electron chi connectivity index (χ0n) is 14.1. The average Bonchev–Trinajstić information content (AvgIpc) is 3.17. The van der Waals surface area contributed by atoms with E-state index in [1.165, 1.54) is 0 Å². The summed E-state index contributed by atoms with van der Waals surface area (Å²) in [5.74, 6) is 0.660. The summed E-state index contributed by atoms with van der Waals surface area (Å²) in [6.07, 6.45) is 0.632. The molecule has 4 aromatic rings. The molecule has 0 fully saturated rings. The summed E-state index contributed by atoms with van der Waals surface area (Å²) in [4.78, 5) is 24.5. The van der Waals surface area contributed by atoms with E-state index >= 15 is 0 Å². The maximum Gasteiger partial charge on any atom is 0.270 e. The summed E-state index contributed by atoms with van der Waals surface area (Å²) in [5.41, 5.74) is 4.76. The largest absolute Gasteiger partial charge is 0.350 e. The molecule has 0 radical (unpaired) electrons. The van der Waals surface area contributed by atoms with Crippen LogP contribution in [0, 0.1) is 13.8 Å². The molecule has 3 aromatic heterocycles. The Bertz CT molecular complexity index is 1040. The van der Waals surface area contributed by atoms with Crippen LogP contribution >= 0.6 is 0 Å². The van der Waals surface area contributed by atoms with Crippen molar-refractivity contribution in [3.63, 3.8) is 0 Å². The third kappa shape index (κ3) is 2.96. The summed E-state index contributed by atoms with van der Waals surface area (Å²) in [7, 11) is 0. The lowest BCUT2D eigenvalue weighted by Gasteiger charge is -2.05. The number of hydrogen-bond donors (Lipinski definition) is 2. The molecule has 1 aromatic carbocycles. The zero-order valence-corrected chi connectivity index (χ0v) is 14.1. The monoisotopic (exact) mass is 334 g/mol. The molecule has 0 aliphatic heterocycles. The van der Waals surface area contributed by atoms with E-state index < -0.39 is 0 Å². The molecule has 0 aliphatic carbocycles. The van der Waals surface area contributed by atoms with E-state index in [9.17, 15) is 4.79 Å². The van der Waals surface area contributed by atoms with Crippen molar-refractivity contribution in [1.82, 2.24) is 29.9 Å². The second-order valence-electron chi connectivity index (χ2n) is 6.05. The zero-order chi connectivity index (χ0) is 17.4. The van der Waals surface area contributed by atoms with Crippen molar-refractivity contribution in [3.05, 3.63) is 59.3 Å². The van der Waals surface area contributed by atoms with Gasteiger partial charge in [0.2, 0.25) is 0 Å². The first kappa shape index (κ1) is 15.3. The van der Waals surface area contributed by atoms with Crippen molar-refractivity contribution in [2.45, 2.75) is 20.3 Å². The smallest absolute Gasteiger partial charge is 0.270 e. The Labute approximate surface area is 144 Å². The van der Waals surface area contributed by atoms with E-state index in [1.807, 2.05) is 44.2 Å². The molecular weight excluding hydrogens is 316 g/mol. The lowest BCUT2D eigenvalue weighted by Crippen LogP contribution is -2.27. The Morgan fingerprint density at radius 3 is 2.88 bits per heavy atom. The number of imidazole rings is 1. The van der Waals surface area contributed by atoms with E-state index in [0.717, 1.165) is 28.2 Å². The first-order chi connectivity index (χ1) is 12.1. The quantitative estimate of drug-likeness (QED) is 0.599. The summed E-state index contributed by atoms with van der Waals surface area (Å²) < 4.78 is 1.74. The molecule has 0 bridgehead atoms. The molecule has 7 nitrogen and oxygen atoms in total. The van der Waals surface area contributed by atoms with Crippen LogP contribution < -0.4 is 5.32 Å². The van der Waals surface area contributed by atoms with Gasteiger partial charge in [0.05, 0.1) is 16.7 Å². The number of aromatic nitrogens is 5. The van der Waals surface area contributed by atoms with Gasteiger partial charge in [0, 0.05) is 24.7 Å². The Balaban J connectivity index is 1.45. The number of benzene rings is 1. The fraction of sp³-hybridized carbons (Fsp3) is 0.222. The van der Waals surface area contributed by atoms with Gasteiger partial charge in [-0.2, -0.15) is 5.10 Å². The van der Waals surface area contributed by atoms with Gasteiger partial charge < -0.3 is 10.3 Å². The number of carbonyl (C=O) groups is 1. The molecule has 4 rings (SSSR count). The standard InChI is InChI=1S/C18H18N6O/c1-11-9-17-22-15(10-12(2)24(17)23-11)18(25)19-8-7-16-20-13-5-3-4-6-14(13)21-16/h3-6,9-10H,7-8H2,1-2H3,(H,19,25)(H,20,21). The van der Waals surface area contributed by atoms with Crippen LogP contribution in [0.25, 0.3) is 16.7 Å². The molecule has 0 aliphatic rings. The number of para-hydroxylation sites is 2. The minimum Gasteiger partial charge on any atom is -0.350 e. The molecule has 0 spiro atoms. The summed E-state index contributed by atoms with van der Waals surface area (Å²) in [6, 6.07) is 11.5. The van der Waals surface area contributed by atoms with Gasteiger partial charge >= 0.3 is 0 Å². The van der Waals surface area contributed by atoms with E-state index in [1.54, 1.807) is 10.6 Å². The maximum atomic E-state index is 12.4. The number of rotatable bonds is 4. The van der Waals surface area contributed by atoms with Crippen LogP contribution in [-0.2, 0) is 6.42 Å². The highest BCUT2D eigenvalue weighted by Gasteiger charge is 2.12. The first-order valence-corrected chi connectivity index (χ1v) is 8.16. The number of carbonyl (C=O) groups excluding carboxylic acids is 1. The van der Waals surface area contributed by atoms with Crippen LogP contribution in [0.4, 0.5) is 0 Å².